The van der Waals surface area contributed by atoms with Crippen LogP contribution in [-0.4, -0.2) is 9.55 Å². The smallest absolute Gasteiger partial charge is 0.178 e. The quantitative estimate of drug-likeness (QED) is 0.725. The molecule has 3 rings (SSSR count). The number of aryl methyl sites for hydroxylation is 1. The highest BCUT2D eigenvalue weighted by molar-refractivity contribution is 7.71. The molecule has 0 radical (unpaired) electrons. The summed E-state index contributed by atoms with van der Waals surface area (Å²) in [6, 6.07) is 12.2. The first-order valence-corrected chi connectivity index (χ1v) is 6.52. The molecule has 3 aromatic rings. The fourth-order valence-electron chi connectivity index (χ4n) is 2.07. The Balaban J connectivity index is 2.03. The van der Waals surface area contributed by atoms with Gasteiger partial charge in [-0.05, 0) is 36.8 Å². The molecular formula is C15H14N2OS. The second-order valence-electron chi connectivity index (χ2n) is 4.51. The second kappa shape index (κ2) is 4.90. The van der Waals surface area contributed by atoms with Crippen molar-refractivity contribution in [2.45, 2.75) is 13.5 Å². The summed E-state index contributed by atoms with van der Waals surface area (Å²) in [4.78, 5) is 3.10. The van der Waals surface area contributed by atoms with Crippen LogP contribution < -0.4 is 0 Å². The lowest BCUT2D eigenvalue weighted by molar-refractivity contribution is 0.493. The number of aromatic amines is 1. The van der Waals surface area contributed by atoms with Gasteiger partial charge in [-0.3, -0.25) is 0 Å². The number of furan rings is 1. The fourth-order valence-corrected chi connectivity index (χ4v) is 2.30. The average molecular weight is 270 g/mol. The van der Waals surface area contributed by atoms with Gasteiger partial charge in [-0.15, -0.1) is 0 Å². The van der Waals surface area contributed by atoms with Gasteiger partial charge in [0, 0.05) is 6.20 Å². The summed E-state index contributed by atoms with van der Waals surface area (Å²) in [6.45, 7) is 2.72. The van der Waals surface area contributed by atoms with Crippen molar-refractivity contribution in [1.82, 2.24) is 9.55 Å². The molecule has 4 heteroatoms. The summed E-state index contributed by atoms with van der Waals surface area (Å²) in [7, 11) is 0. The van der Waals surface area contributed by atoms with Crippen molar-refractivity contribution in [3.05, 3.63) is 65.0 Å². The molecule has 0 amide bonds. The minimum absolute atomic E-state index is 0.637. The van der Waals surface area contributed by atoms with Crippen molar-refractivity contribution >= 4 is 12.2 Å². The van der Waals surface area contributed by atoms with E-state index in [1.54, 1.807) is 6.26 Å². The Hall–Kier alpha value is -2.07. The monoisotopic (exact) mass is 270 g/mol. The Kier molecular flexibility index (Phi) is 3.09. The number of hydrogen-bond acceptors (Lipinski definition) is 2. The van der Waals surface area contributed by atoms with Crippen molar-refractivity contribution < 1.29 is 4.42 Å². The summed E-state index contributed by atoms with van der Waals surface area (Å²) in [5.41, 5.74) is 3.46. The van der Waals surface area contributed by atoms with Gasteiger partial charge in [-0.2, -0.15) is 0 Å². The van der Waals surface area contributed by atoms with Crippen LogP contribution in [0.1, 0.15) is 11.3 Å². The molecule has 0 saturated heterocycles. The zero-order valence-electron chi connectivity index (χ0n) is 10.6. The molecule has 1 aromatic carbocycles. The predicted octanol–water partition coefficient (Wildman–Crippen LogP) is 4.16. The van der Waals surface area contributed by atoms with E-state index in [2.05, 4.69) is 36.2 Å². The highest BCUT2D eigenvalue weighted by Gasteiger charge is 2.08. The zero-order valence-corrected chi connectivity index (χ0v) is 11.4. The number of imidazole rings is 1. The van der Waals surface area contributed by atoms with E-state index in [0.29, 0.717) is 11.3 Å². The normalized spacial score (nSPS) is 10.8. The minimum atomic E-state index is 0.637. The van der Waals surface area contributed by atoms with E-state index in [4.69, 9.17) is 16.6 Å². The first kappa shape index (κ1) is 12.0. The molecule has 0 spiro atoms. The van der Waals surface area contributed by atoms with Gasteiger partial charge in [0.2, 0.25) is 0 Å². The van der Waals surface area contributed by atoms with E-state index < -0.39 is 0 Å². The van der Waals surface area contributed by atoms with Gasteiger partial charge in [-0.25, -0.2) is 0 Å². The van der Waals surface area contributed by atoms with Crippen LogP contribution in [0.15, 0.2) is 53.3 Å². The van der Waals surface area contributed by atoms with Gasteiger partial charge in [-0.1, -0.05) is 29.8 Å². The molecule has 2 aromatic heterocycles. The third-order valence-electron chi connectivity index (χ3n) is 3.11. The molecule has 0 aliphatic rings. The zero-order chi connectivity index (χ0) is 13.2. The van der Waals surface area contributed by atoms with Crippen molar-refractivity contribution in [1.29, 1.82) is 0 Å². The van der Waals surface area contributed by atoms with Gasteiger partial charge in [0.15, 0.2) is 4.77 Å². The molecule has 2 heterocycles. The topological polar surface area (TPSA) is 33.9 Å². The van der Waals surface area contributed by atoms with Gasteiger partial charge in [0.1, 0.15) is 5.76 Å². The standard InChI is InChI=1S/C15H14N2OS/c1-11-4-6-12(7-5-11)14-9-16-15(19)17(14)10-13-3-2-8-18-13/h2-9H,10H2,1H3,(H,16,19). The largest absolute Gasteiger partial charge is 0.467 e. The maximum Gasteiger partial charge on any atom is 0.178 e. The van der Waals surface area contributed by atoms with Crippen molar-refractivity contribution in [2.75, 3.05) is 0 Å². The lowest BCUT2D eigenvalue weighted by Gasteiger charge is -2.07. The Labute approximate surface area is 116 Å². The second-order valence-corrected chi connectivity index (χ2v) is 4.90. The van der Waals surface area contributed by atoms with Crippen LogP contribution in [-0.2, 0) is 6.54 Å². The molecule has 3 nitrogen and oxygen atoms in total. The lowest BCUT2D eigenvalue weighted by Crippen LogP contribution is -2.00. The molecule has 0 saturated carbocycles. The molecule has 0 aliphatic carbocycles. The van der Waals surface area contributed by atoms with Crippen LogP contribution in [0.2, 0.25) is 0 Å². The van der Waals surface area contributed by atoms with Crippen LogP contribution in [0.5, 0.6) is 0 Å². The number of benzene rings is 1. The molecule has 1 N–H and O–H groups in total. The summed E-state index contributed by atoms with van der Waals surface area (Å²) < 4.78 is 8.13. The van der Waals surface area contributed by atoms with Gasteiger partial charge in [0.25, 0.3) is 0 Å². The molecule has 0 aliphatic heterocycles. The van der Waals surface area contributed by atoms with E-state index in [9.17, 15) is 0 Å². The maximum absolute atomic E-state index is 5.39. The predicted molar refractivity (Wildman–Crippen MR) is 77.6 cm³/mol. The van der Waals surface area contributed by atoms with Gasteiger partial charge >= 0.3 is 0 Å². The first-order chi connectivity index (χ1) is 9.24. The number of aromatic nitrogens is 2. The molecule has 0 bridgehead atoms. The van der Waals surface area contributed by atoms with E-state index in [1.165, 1.54) is 5.56 Å². The number of H-pyrrole nitrogens is 1. The van der Waals surface area contributed by atoms with Crippen molar-refractivity contribution in [3.8, 4) is 11.3 Å². The average Bonchev–Trinajstić information content (AvgIpc) is 3.03. The maximum atomic E-state index is 5.39. The molecule has 0 fully saturated rings. The molecule has 0 atom stereocenters. The van der Waals surface area contributed by atoms with Gasteiger partial charge < -0.3 is 14.0 Å². The van der Waals surface area contributed by atoms with E-state index in [-0.39, 0.29) is 0 Å². The van der Waals surface area contributed by atoms with Crippen LogP contribution in [0, 0.1) is 11.7 Å². The fraction of sp³-hybridized carbons (Fsp3) is 0.133. The lowest BCUT2D eigenvalue weighted by atomic mass is 10.1. The summed E-state index contributed by atoms with van der Waals surface area (Å²) in [5, 5.41) is 0. The molecular weight excluding hydrogens is 256 g/mol. The summed E-state index contributed by atoms with van der Waals surface area (Å²) >= 11 is 5.34. The molecule has 19 heavy (non-hydrogen) atoms. The van der Waals surface area contributed by atoms with Gasteiger partial charge in [0.05, 0.1) is 18.5 Å². The molecule has 96 valence electrons. The summed E-state index contributed by atoms with van der Waals surface area (Å²) in [6.07, 6.45) is 3.62. The van der Waals surface area contributed by atoms with E-state index in [1.807, 2.05) is 22.9 Å². The van der Waals surface area contributed by atoms with Crippen LogP contribution in [0.4, 0.5) is 0 Å². The number of hydrogen-bond donors (Lipinski definition) is 1. The Morgan fingerprint density at radius 3 is 2.68 bits per heavy atom. The van der Waals surface area contributed by atoms with Crippen molar-refractivity contribution in [3.63, 3.8) is 0 Å². The summed E-state index contributed by atoms with van der Waals surface area (Å²) in [5.74, 6) is 0.893. The SMILES string of the molecule is Cc1ccc(-c2c[nH]c(=S)n2Cc2ccco2)cc1. The van der Waals surface area contributed by atoms with Crippen molar-refractivity contribution in [2.24, 2.45) is 0 Å². The Morgan fingerprint density at radius 2 is 2.00 bits per heavy atom. The van der Waals surface area contributed by atoms with Crippen LogP contribution >= 0.6 is 12.2 Å². The third kappa shape index (κ3) is 2.39. The minimum Gasteiger partial charge on any atom is -0.467 e. The number of nitrogens with one attached hydrogen (secondary N) is 1. The van der Waals surface area contributed by atoms with E-state index >= 15 is 0 Å². The Morgan fingerprint density at radius 1 is 1.21 bits per heavy atom. The first-order valence-electron chi connectivity index (χ1n) is 6.12. The highest BCUT2D eigenvalue weighted by Crippen LogP contribution is 2.21. The third-order valence-corrected chi connectivity index (χ3v) is 3.45. The molecule has 0 unspecified atom stereocenters. The highest BCUT2D eigenvalue weighted by atomic mass is 32.1. The number of rotatable bonds is 3. The Bertz CT molecular complexity index is 720. The van der Waals surface area contributed by atoms with E-state index in [0.717, 1.165) is 17.0 Å². The van der Waals surface area contributed by atoms with Crippen LogP contribution in [0.25, 0.3) is 11.3 Å². The number of nitrogens with zero attached hydrogens (tertiary/aromatic N) is 1. The van der Waals surface area contributed by atoms with Crippen LogP contribution in [0.3, 0.4) is 0 Å².